The predicted octanol–water partition coefficient (Wildman–Crippen LogP) is 3.67. The van der Waals surface area contributed by atoms with Crippen LogP contribution in [0.15, 0.2) is 24.4 Å². The standard InChI is InChI=1S/C16H21N3OS.ClH/c1-19(10-13-9-18-16(17)21-13)15-5-3-4-11-8-12(20-2)6-7-14(11)15;/h6-9,15H,3-5,10H2,1-2H3,(H2,17,18);1H. The van der Waals surface area contributed by atoms with E-state index in [4.69, 9.17) is 10.5 Å². The van der Waals surface area contributed by atoms with Gasteiger partial charge in [0.1, 0.15) is 5.75 Å². The second kappa shape index (κ2) is 7.31. The molecule has 3 rings (SSSR count). The molecule has 0 fully saturated rings. The highest BCUT2D eigenvalue weighted by atomic mass is 35.5. The second-order valence-corrected chi connectivity index (χ2v) is 6.70. The molecular formula is C16H22ClN3OS. The van der Waals surface area contributed by atoms with Crippen molar-refractivity contribution in [3.8, 4) is 5.75 Å². The summed E-state index contributed by atoms with van der Waals surface area (Å²) in [4.78, 5) is 7.75. The van der Waals surface area contributed by atoms with Gasteiger partial charge in [-0.2, -0.15) is 0 Å². The number of hydrogen-bond donors (Lipinski definition) is 1. The molecule has 6 heteroatoms. The zero-order valence-corrected chi connectivity index (χ0v) is 14.5. The number of fused-ring (bicyclic) bond motifs is 1. The number of aromatic nitrogens is 1. The molecule has 1 heterocycles. The molecule has 1 unspecified atom stereocenters. The number of methoxy groups -OCH3 is 1. The summed E-state index contributed by atoms with van der Waals surface area (Å²) in [6, 6.07) is 6.92. The van der Waals surface area contributed by atoms with Crippen molar-refractivity contribution in [2.75, 3.05) is 19.9 Å². The topological polar surface area (TPSA) is 51.4 Å². The number of nitrogens with two attached hydrogens (primary N) is 1. The van der Waals surface area contributed by atoms with Gasteiger partial charge in [-0.15, -0.1) is 23.7 Å². The Morgan fingerprint density at radius 1 is 1.45 bits per heavy atom. The minimum atomic E-state index is 0. The minimum absolute atomic E-state index is 0. The largest absolute Gasteiger partial charge is 0.497 e. The van der Waals surface area contributed by atoms with E-state index in [1.54, 1.807) is 18.4 Å². The number of anilines is 1. The van der Waals surface area contributed by atoms with Crippen LogP contribution in [0.25, 0.3) is 0 Å². The summed E-state index contributed by atoms with van der Waals surface area (Å²) in [7, 11) is 3.91. The van der Waals surface area contributed by atoms with Crippen molar-refractivity contribution in [2.24, 2.45) is 0 Å². The Bertz CT molecular complexity index is 632. The smallest absolute Gasteiger partial charge is 0.180 e. The molecule has 1 aliphatic rings. The summed E-state index contributed by atoms with van der Waals surface area (Å²) in [5.74, 6) is 0.951. The van der Waals surface area contributed by atoms with Crippen LogP contribution in [0, 0.1) is 0 Å². The molecule has 0 radical (unpaired) electrons. The van der Waals surface area contributed by atoms with Crippen LogP contribution in [0.1, 0.15) is 34.9 Å². The molecule has 0 bridgehead atoms. The highest BCUT2D eigenvalue weighted by Crippen LogP contribution is 2.36. The van der Waals surface area contributed by atoms with Gasteiger partial charge in [0, 0.05) is 23.7 Å². The average Bonchev–Trinajstić information content (AvgIpc) is 2.91. The summed E-state index contributed by atoms with van der Waals surface area (Å²) in [5.41, 5.74) is 8.57. The number of thiazole rings is 1. The first-order valence-corrected chi connectivity index (χ1v) is 8.06. The predicted molar refractivity (Wildman–Crippen MR) is 93.9 cm³/mol. The molecule has 1 aliphatic carbocycles. The van der Waals surface area contributed by atoms with E-state index in [0.29, 0.717) is 11.2 Å². The fourth-order valence-electron chi connectivity index (χ4n) is 3.10. The number of nitrogens with zero attached hydrogens (tertiary/aromatic N) is 2. The van der Waals surface area contributed by atoms with E-state index < -0.39 is 0 Å². The lowest BCUT2D eigenvalue weighted by atomic mass is 9.87. The van der Waals surface area contributed by atoms with Gasteiger partial charge >= 0.3 is 0 Å². The molecule has 0 spiro atoms. The van der Waals surface area contributed by atoms with Gasteiger partial charge < -0.3 is 10.5 Å². The Morgan fingerprint density at radius 3 is 2.95 bits per heavy atom. The molecule has 0 amide bonds. The number of halogens is 1. The van der Waals surface area contributed by atoms with Crippen LogP contribution in [0.4, 0.5) is 5.13 Å². The molecule has 0 saturated carbocycles. The van der Waals surface area contributed by atoms with Gasteiger partial charge in [0.25, 0.3) is 0 Å². The molecule has 4 nitrogen and oxygen atoms in total. The summed E-state index contributed by atoms with van der Waals surface area (Å²) in [6.07, 6.45) is 5.45. The SMILES string of the molecule is COc1ccc2c(c1)CCCC2N(C)Cc1cnc(N)s1.Cl. The van der Waals surface area contributed by atoms with Crippen molar-refractivity contribution in [3.05, 3.63) is 40.4 Å². The van der Waals surface area contributed by atoms with Gasteiger partial charge in [-0.1, -0.05) is 6.07 Å². The Labute approximate surface area is 141 Å². The van der Waals surface area contributed by atoms with Gasteiger partial charge in [0.2, 0.25) is 0 Å². The van der Waals surface area contributed by atoms with Crippen LogP contribution in [-0.4, -0.2) is 24.0 Å². The maximum Gasteiger partial charge on any atom is 0.180 e. The van der Waals surface area contributed by atoms with Crippen molar-refractivity contribution < 1.29 is 4.74 Å². The van der Waals surface area contributed by atoms with E-state index in [1.165, 1.54) is 28.8 Å². The van der Waals surface area contributed by atoms with Crippen LogP contribution in [0.5, 0.6) is 5.75 Å². The van der Waals surface area contributed by atoms with Crippen LogP contribution in [0.2, 0.25) is 0 Å². The van der Waals surface area contributed by atoms with E-state index >= 15 is 0 Å². The Balaban J connectivity index is 0.00000176. The first kappa shape index (κ1) is 17.1. The number of aryl methyl sites for hydroxylation is 1. The first-order chi connectivity index (χ1) is 10.2. The summed E-state index contributed by atoms with van der Waals surface area (Å²) in [5, 5.41) is 0.646. The number of ether oxygens (including phenoxy) is 1. The Hall–Kier alpha value is -1.30. The van der Waals surface area contributed by atoms with Crippen LogP contribution < -0.4 is 10.5 Å². The zero-order valence-electron chi connectivity index (χ0n) is 12.9. The highest BCUT2D eigenvalue weighted by molar-refractivity contribution is 7.15. The molecule has 0 aliphatic heterocycles. The summed E-state index contributed by atoms with van der Waals surface area (Å²) >= 11 is 1.57. The third-order valence-electron chi connectivity index (χ3n) is 4.14. The number of benzene rings is 1. The fraction of sp³-hybridized carbons (Fsp3) is 0.438. The quantitative estimate of drug-likeness (QED) is 0.923. The van der Waals surface area contributed by atoms with Crippen molar-refractivity contribution in [1.82, 2.24) is 9.88 Å². The highest BCUT2D eigenvalue weighted by Gasteiger charge is 2.24. The summed E-state index contributed by atoms with van der Waals surface area (Å²) < 4.78 is 5.34. The van der Waals surface area contributed by atoms with Gasteiger partial charge in [0.15, 0.2) is 5.13 Å². The first-order valence-electron chi connectivity index (χ1n) is 7.24. The zero-order chi connectivity index (χ0) is 14.8. The van der Waals surface area contributed by atoms with E-state index in [2.05, 4.69) is 35.1 Å². The lowest BCUT2D eigenvalue weighted by Crippen LogP contribution is -2.27. The minimum Gasteiger partial charge on any atom is -0.497 e. The Kier molecular flexibility index (Phi) is 5.67. The molecule has 1 atom stereocenters. The van der Waals surface area contributed by atoms with E-state index in [-0.39, 0.29) is 12.4 Å². The van der Waals surface area contributed by atoms with Crippen molar-refractivity contribution in [3.63, 3.8) is 0 Å². The van der Waals surface area contributed by atoms with Gasteiger partial charge in [-0.05, 0) is 49.6 Å². The van der Waals surface area contributed by atoms with Crippen molar-refractivity contribution in [1.29, 1.82) is 0 Å². The van der Waals surface area contributed by atoms with Crippen LogP contribution in [0.3, 0.4) is 0 Å². The lowest BCUT2D eigenvalue weighted by molar-refractivity contribution is 0.214. The van der Waals surface area contributed by atoms with E-state index in [0.717, 1.165) is 18.7 Å². The lowest BCUT2D eigenvalue weighted by Gasteiger charge is -2.33. The van der Waals surface area contributed by atoms with Crippen molar-refractivity contribution in [2.45, 2.75) is 31.8 Å². The molecular weight excluding hydrogens is 318 g/mol. The number of rotatable bonds is 4. The average molecular weight is 340 g/mol. The molecule has 1 aromatic heterocycles. The van der Waals surface area contributed by atoms with Crippen LogP contribution in [-0.2, 0) is 13.0 Å². The molecule has 0 saturated heterocycles. The Morgan fingerprint density at radius 2 is 2.27 bits per heavy atom. The molecule has 2 N–H and O–H groups in total. The summed E-state index contributed by atoms with van der Waals surface area (Å²) in [6.45, 7) is 0.894. The normalized spacial score (nSPS) is 17.0. The van der Waals surface area contributed by atoms with Gasteiger partial charge in [-0.3, -0.25) is 4.90 Å². The van der Waals surface area contributed by atoms with E-state index in [9.17, 15) is 0 Å². The second-order valence-electron chi connectivity index (χ2n) is 5.55. The molecule has 2 aromatic rings. The molecule has 22 heavy (non-hydrogen) atoms. The molecule has 1 aromatic carbocycles. The number of nitrogen functional groups attached to an aromatic ring is 1. The maximum atomic E-state index is 5.72. The fourth-order valence-corrected chi connectivity index (χ4v) is 3.85. The van der Waals surface area contributed by atoms with E-state index in [1.807, 2.05) is 6.20 Å². The van der Waals surface area contributed by atoms with Gasteiger partial charge in [-0.25, -0.2) is 4.98 Å². The maximum absolute atomic E-state index is 5.72. The van der Waals surface area contributed by atoms with Gasteiger partial charge in [0.05, 0.1) is 7.11 Å². The monoisotopic (exact) mass is 339 g/mol. The van der Waals surface area contributed by atoms with Crippen molar-refractivity contribution >= 4 is 28.9 Å². The third kappa shape index (κ3) is 3.54. The number of hydrogen-bond acceptors (Lipinski definition) is 5. The van der Waals surface area contributed by atoms with Crippen LogP contribution >= 0.6 is 23.7 Å². The third-order valence-corrected chi connectivity index (χ3v) is 4.95. The molecule has 120 valence electrons.